The Morgan fingerprint density at radius 1 is 0.900 bits per heavy atom. The van der Waals surface area contributed by atoms with Gasteiger partial charge in [0.15, 0.2) is 0 Å². The molecule has 0 spiro atoms. The van der Waals surface area contributed by atoms with Crippen LogP contribution in [0, 0.1) is 0 Å². The Kier molecular flexibility index (Phi) is 26.9. The molecular formula is C15H33NNa2O2. The third-order valence-corrected chi connectivity index (χ3v) is 3.35. The summed E-state index contributed by atoms with van der Waals surface area (Å²) in [6, 6.07) is -0.413. The van der Waals surface area contributed by atoms with Crippen molar-refractivity contribution in [1.29, 1.82) is 0 Å². The maximum atomic E-state index is 10.5. The van der Waals surface area contributed by atoms with Crippen LogP contribution in [0.1, 0.15) is 78.1 Å². The van der Waals surface area contributed by atoms with Crippen LogP contribution in [-0.4, -0.2) is 82.8 Å². The maximum absolute atomic E-state index is 10.5. The van der Waals surface area contributed by atoms with Crippen molar-refractivity contribution in [1.82, 2.24) is 5.32 Å². The first-order valence-electron chi connectivity index (χ1n) is 7.64. The van der Waals surface area contributed by atoms with E-state index in [1.165, 1.54) is 57.8 Å². The van der Waals surface area contributed by atoms with Gasteiger partial charge in [0.25, 0.3) is 0 Å². The molecule has 0 aromatic rings. The number of aliphatic carboxylic acids is 1. The average Bonchev–Trinajstić information content (AvgIpc) is 2.35. The van der Waals surface area contributed by atoms with Gasteiger partial charge in [-0.25, -0.2) is 0 Å². The number of carbonyl (C=O) groups is 1. The molecule has 112 valence electrons. The van der Waals surface area contributed by atoms with Gasteiger partial charge in [-0.15, -0.1) is 0 Å². The molecule has 0 aliphatic rings. The Bertz CT molecular complexity index is 204. The normalized spacial score (nSPS) is 11.3. The summed E-state index contributed by atoms with van der Waals surface area (Å²) in [6.45, 7) is 4.77. The summed E-state index contributed by atoms with van der Waals surface area (Å²) in [5.74, 6) is -0.762. The van der Waals surface area contributed by atoms with Gasteiger partial charge >= 0.3 is 65.1 Å². The fraction of sp³-hybridized carbons (Fsp3) is 0.933. The van der Waals surface area contributed by atoms with Crippen molar-refractivity contribution in [2.75, 3.05) is 6.54 Å². The average molecular weight is 305 g/mol. The van der Waals surface area contributed by atoms with E-state index in [1.807, 2.05) is 0 Å². The van der Waals surface area contributed by atoms with Gasteiger partial charge in [0.2, 0.25) is 0 Å². The van der Waals surface area contributed by atoms with Crippen molar-refractivity contribution >= 4 is 65.1 Å². The van der Waals surface area contributed by atoms with E-state index in [0.29, 0.717) is 0 Å². The van der Waals surface area contributed by atoms with Gasteiger partial charge in [0, 0.05) is 0 Å². The summed E-state index contributed by atoms with van der Waals surface area (Å²) in [6.07, 6.45) is 13.2. The molecular weight excluding hydrogens is 272 g/mol. The zero-order chi connectivity index (χ0) is 13.6. The number of unbranched alkanes of at least 4 members (excludes halogenated alkanes) is 9. The van der Waals surface area contributed by atoms with Gasteiger partial charge in [-0.05, 0) is 19.9 Å². The second kappa shape index (κ2) is 20.4. The van der Waals surface area contributed by atoms with Crippen molar-refractivity contribution in [3.8, 4) is 0 Å². The SMILES string of the molecule is CCCCCCCCCCCCN[C@@H](C)C(=O)O.[NaH].[NaH]. The van der Waals surface area contributed by atoms with Gasteiger partial charge in [-0.2, -0.15) is 0 Å². The molecule has 1 atom stereocenters. The van der Waals surface area contributed by atoms with Gasteiger partial charge in [0.1, 0.15) is 6.04 Å². The van der Waals surface area contributed by atoms with Gasteiger partial charge in [0.05, 0.1) is 0 Å². The minimum atomic E-state index is -0.762. The van der Waals surface area contributed by atoms with Crippen molar-refractivity contribution in [3.63, 3.8) is 0 Å². The van der Waals surface area contributed by atoms with E-state index in [4.69, 9.17) is 5.11 Å². The molecule has 0 unspecified atom stereocenters. The summed E-state index contributed by atoms with van der Waals surface area (Å²) in [4.78, 5) is 10.5. The van der Waals surface area contributed by atoms with E-state index in [0.717, 1.165) is 13.0 Å². The molecule has 0 heterocycles. The standard InChI is InChI=1S/C15H31NO2.2Na.2H/c1-3-4-5-6-7-8-9-10-11-12-13-16-14(2)15(17)18;;;;/h14,16H,3-13H2,1-2H3,(H,17,18);;;;/t14-;;;;/m0..../s1. The molecule has 0 saturated carbocycles. The Hall–Kier alpha value is 1.43. The topological polar surface area (TPSA) is 49.3 Å². The molecule has 0 aromatic carbocycles. The fourth-order valence-corrected chi connectivity index (χ4v) is 2.02. The second-order valence-electron chi connectivity index (χ2n) is 5.20. The Balaban J connectivity index is -0.00000144. The van der Waals surface area contributed by atoms with Crippen molar-refractivity contribution < 1.29 is 9.90 Å². The molecule has 0 saturated heterocycles. The number of carboxylic acids is 1. The summed E-state index contributed by atoms with van der Waals surface area (Å²) < 4.78 is 0. The quantitative estimate of drug-likeness (QED) is 0.406. The summed E-state index contributed by atoms with van der Waals surface area (Å²) >= 11 is 0. The molecule has 0 fully saturated rings. The zero-order valence-electron chi connectivity index (χ0n) is 12.2. The number of hydrogen-bond donors (Lipinski definition) is 2. The molecule has 5 heteroatoms. The molecule has 20 heavy (non-hydrogen) atoms. The first kappa shape index (κ1) is 26.3. The number of hydrogen-bond acceptors (Lipinski definition) is 2. The van der Waals surface area contributed by atoms with Crippen molar-refractivity contribution in [3.05, 3.63) is 0 Å². The Morgan fingerprint density at radius 2 is 1.30 bits per heavy atom. The molecule has 0 radical (unpaired) electrons. The minimum absolute atomic E-state index is 0. The van der Waals surface area contributed by atoms with Crippen LogP contribution in [-0.2, 0) is 4.79 Å². The molecule has 3 nitrogen and oxygen atoms in total. The van der Waals surface area contributed by atoms with Crippen LogP contribution in [0.2, 0.25) is 0 Å². The zero-order valence-corrected chi connectivity index (χ0v) is 12.2. The van der Waals surface area contributed by atoms with Crippen LogP contribution in [0.15, 0.2) is 0 Å². The summed E-state index contributed by atoms with van der Waals surface area (Å²) in [5, 5.41) is 11.7. The fourth-order valence-electron chi connectivity index (χ4n) is 2.02. The van der Waals surface area contributed by atoms with Crippen molar-refractivity contribution in [2.45, 2.75) is 84.1 Å². The van der Waals surface area contributed by atoms with E-state index in [2.05, 4.69) is 12.2 Å². The van der Waals surface area contributed by atoms with E-state index >= 15 is 0 Å². The monoisotopic (exact) mass is 305 g/mol. The van der Waals surface area contributed by atoms with Crippen LogP contribution in [0.5, 0.6) is 0 Å². The van der Waals surface area contributed by atoms with Crippen LogP contribution >= 0.6 is 0 Å². The number of nitrogens with one attached hydrogen (secondary N) is 1. The summed E-state index contributed by atoms with van der Waals surface area (Å²) in [5.41, 5.74) is 0. The number of rotatable bonds is 13. The molecule has 0 aliphatic carbocycles. The predicted octanol–water partition coefficient (Wildman–Crippen LogP) is 2.67. The van der Waals surface area contributed by atoms with Crippen LogP contribution in [0.4, 0.5) is 0 Å². The Labute approximate surface area is 169 Å². The third kappa shape index (κ3) is 19.4. The van der Waals surface area contributed by atoms with Crippen LogP contribution in [0.3, 0.4) is 0 Å². The Morgan fingerprint density at radius 3 is 1.70 bits per heavy atom. The molecule has 0 aromatic heterocycles. The molecule has 0 amide bonds. The van der Waals surface area contributed by atoms with Gasteiger partial charge in [-0.1, -0.05) is 64.7 Å². The van der Waals surface area contributed by atoms with Gasteiger partial charge < -0.3 is 10.4 Å². The molecule has 0 rings (SSSR count). The number of carboxylic acid groups (broad SMARTS) is 1. The third-order valence-electron chi connectivity index (χ3n) is 3.35. The molecule has 0 aliphatic heterocycles. The van der Waals surface area contributed by atoms with E-state index in [9.17, 15) is 4.79 Å². The first-order chi connectivity index (χ1) is 8.68. The predicted molar refractivity (Wildman–Crippen MR) is 91.2 cm³/mol. The van der Waals surface area contributed by atoms with Gasteiger partial charge in [-0.3, -0.25) is 4.79 Å². The van der Waals surface area contributed by atoms with Crippen LogP contribution in [0.25, 0.3) is 0 Å². The van der Waals surface area contributed by atoms with Crippen molar-refractivity contribution in [2.24, 2.45) is 0 Å². The summed E-state index contributed by atoms with van der Waals surface area (Å²) in [7, 11) is 0. The first-order valence-corrected chi connectivity index (χ1v) is 7.64. The van der Waals surface area contributed by atoms with E-state index < -0.39 is 12.0 Å². The molecule has 2 N–H and O–H groups in total. The second-order valence-corrected chi connectivity index (χ2v) is 5.20. The molecule has 0 bridgehead atoms. The van der Waals surface area contributed by atoms with E-state index in [1.54, 1.807) is 6.92 Å². The van der Waals surface area contributed by atoms with Crippen LogP contribution < -0.4 is 5.32 Å². The van der Waals surface area contributed by atoms with E-state index in [-0.39, 0.29) is 59.1 Å².